The van der Waals surface area contributed by atoms with E-state index in [1.54, 1.807) is 7.11 Å². The molecule has 17 heavy (non-hydrogen) atoms. The van der Waals surface area contributed by atoms with Gasteiger partial charge >= 0.3 is 0 Å². The van der Waals surface area contributed by atoms with Crippen LogP contribution in [-0.2, 0) is 4.74 Å². The van der Waals surface area contributed by atoms with Gasteiger partial charge in [-0.1, -0.05) is 13.8 Å². The summed E-state index contributed by atoms with van der Waals surface area (Å²) in [5.74, 6) is 0.639. The van der Waals surface area contributed by atoms with Crippen LogP contribution >= 0.6 is 0 Å². The van der Waals surface area contributed by atoms with Crippen LogP contribution in [0.5, 0.6) is 0 Å². The van der Waals surface area contributed by atoms with Crippen molar-refractivity contribution < 1.29 is 9.84 Å². The van der Waals surface area contributed by atoms with Gasteiger partial charge in [-0.3, -0.25) is 0 Å². The Hall–Kier alpha value is -0.160. The number of aliphatic hydroxyl groups is 1. The van der Waals surface area contributed by atoms with Crippen molar-refractivity contribution >= 4 is 0 Å². The predicted molar refractivity (Wildman–Crippen MR) is 70.2 cm³/mol. The molecule has 2 N–H and O–H groups in total. The van der Waals surface area contributed by atoms with Crippen LogP contribution in [0.1, 0.15) is 26.7 Å². The van der Waals surface area contributed by atoms with Gasteiger partial charge < -0.3 is 20.1 Å². The van der Waals surface area contributed by atoms with Gasteiger partial charge in [0.1, 0.15) is 0 Å². The van der Waals surface area contributed by atoms with Crippen molar-refractivity contribution in [2.24, 2.45) is 5.92 Å². The molecule has 102 valence electrons. The van der Waals surface area contributed by atoms with Crippen LogP contribution in [-0.4, -0.2) is 62.0 Å². The topological polar surface area (TPSA) is 44.7 Å². The van der Waals surface area contributed by atoms with Crippen LogP contribution < -0.4 is 5.32 Å². The van der Waals surface area contributed by atoms with E-state index in [1.807, 2.05) is 0 Å². The Balaban J connectivity index is 2.08. The van der Waals surface area contributed by atoms with E-state index in [9.17, 15) is 5.11 Å². The molecule has 0 saturated carbocycles. The molecule has 1 heterocycles. The molecule has 1 atom stereocenters. The number of nitrogens with zero attached hydrogens (tertiary/aromatic N) is 1. The predicted octanol–water partition coefficient (Wildman–Crippen LogP) is 0.704. The van der Waals surface area contributed by atoms with Gasteiger partial charge in [0.15, 0.2) is 0 Å². The van der Waals surface area contributed by atoms with Gasteiger partial charge in [0.2, 0.25) is 0 Å². The molecule has 0 aliphatic carbocycles. The Morgan fingerprint density at radius 2 is 1.94 bits per heavy atom. The molecule has 1 fully saturated rings. The number of hydrogen-bond acceptors (Lipinski definition) is 4. The Kier molecular flexibility index (Phi) is 7.04. The number of likely N-dealkylation sites (tertiary alicyclic amines) is 1. The molecule has 0 amide bonds. The molecular weight excluding hydrogens is 216 g/mol. The number of methoxy groups -OCH3 is 1. The molecule has 0 aromatic heterocycles. The van der Waals surface area contributed by atoms with Crippen LogP contribution in [0.3, 0.4) is 0 Å². The lowest BCUT2D eigenvalue weighted by Crippen LogP contribution is -2.43. The number of rotatable bonds is 7. The number of nitrogens with one attached hydrogen (secondary N) is 1. The zero-order chi connectivity index (χ0) is 12.7. The second kappa shape index (κ2) is 8.03. The maximum Gasteiger partial charge on any atom is 0.0791 e. The second-order valence-corrected chi connectivity index (χ2v) is 5.44. The SMILES string of the molecule is COC1CCN(CC(O)CNCC(C)C)CC1. The fourth-order valence-electron chi connectivity index (χ4n) is 2.23. The lowest BCUT2D eigenvalue weighted by atomic mass is 10.1. The molecule has 1 unspecified atom stereocenters. The molecule has 0 aromatic carbocycles. The van der Waals surface area contributed by atoms with E-state index in [4.69, 9.17) is 4.74 Å². The Morgan fingerprint density at radius 3 is 2.47 bits per heavy atom. The molecule has 0 aromatic rings. The lowest BCUT2D eigenvalue weighted by Gasteiger charge is -2.32. The summed E-state index contributed by atoms with van der Waals surface area (Å²) in [5.41, 5.74) is 0. The summed E-state index contributed by atoms with van der Waals surface area (Å²) in [7, 11) is 1.78. The maximum absolute atomic E-state index is 9.90. The van der Waals surface area contributed by atoms with Crippen LogP contribution in [0.15, 0.2) is 0 Å². The summed E-state index contributed by atoms with van der Waals surface area (Å²) < 4.78 is 5.33. The van der Waals surface area contributed by atoms with Crippen molar-refractivity contribution in [1.29, 1.82) is 0 Å². The highest BCUT2D eigenvalue weighted by Crippen LogP contribution is 2.12. The van der Waals surface area contributed by atoms with E-state index in [1.165, 1.54) is 0 Å². The van der Waals surface area contributed by atoms with Gasteiger partial charge in [-0.05, 0) is 25.3 Å². The Labute approximate surface area is 105 Å². The van der Waals surface area contributed by atoms with Crippen molar-refractivity contribution in [1.82, 2.24) is 10.2 Å². The van der Waals surface area contributed by atoms with Gasteiger partial charge in [0.05, 0.1) is 12.2 Å². The highest BCUT2D eigenvalue weighted by molar-refractivity contribution is 4.75. The summed E-state index contributed by atoms with van der Waals surface area (Å²) in [5, 5.41) is 13.2. The van der Waals surface area contributed by atoms with Crippen molar-refractivity contribution in [3.63, 3.8) is 0 Å². The standard InChI is InChI=1S/C13H28N2O2/c1-11(2)8-14-9-12(16)10-15-6-4-13(17-3)5-7-15/h11-14,16H,4-10H2,1-3H3. The number of hydrogen-bond donors (Lipinski definition) is 2. The van der Waals surface area contributed by atoms with E-state index in [0.717, 1.165) is 39.0 Å². The van der Waals surface area contributed by atoms with Crippen molar-refractivity contribution in [2.45, 2.75) is 38.9 Å². The highest BCUT2D eigenvalue weighted by Gasteiger charge is 2.20. The number of ether oxygens (including phenoxy) is 1. The van der Waals surface area contributed by atoms with Crippen molar-refractivity contribution in [2.75, 3.05) is 39.8 Å². The summed E-state index contributed by atoms with van der Waals surface area (Å²) in [6.45, 7) is 8.88. The molecule has 0 bridgehead atoms. The number of aliphatic hydroxyl groups excluding tert-OH is 1. The van der Waals surface area contributed by atoms with E-state index in [2.05, 4.69) is 24.1 Å². The van der Waals surface area contributed by atoms with E-state index in [0.29, 0.717) is 18.6 Å². The molecule has 4 heteroatoms. The third kappa shape index (κ3) is 6.36. The second-order valence-electron chi connectivity index (χ2n) is 5.44. The smallest absolute Gasteiger partial charge is 0.0791 e. The molecule has 0 spiro atoms. The minimum absolute atomic E-state index is 0.257. The summed E-state index contributed by atoms with van der Waals surface area (Å²) in [6.07, 6.45) is 2.33. The van der Waals surface area contributed by atoms with Crippen molar-refractivity contribution in [3.8, 4) is 0 Å². The quantitative estimate of drug-likeness (QED) is 0.692. The van der Waals surface area contributed by atoms with Gasteiger partial charge in [0.25, 0.3) is 0 Å². The number of β-amino-alcohol motifs (C(OH)–C–C–N with tert-alkyl or cyclic N) is 1. The minimum atomic E-state index is -0.257. The first-order chi connectivity index (χ1) is 8.11. The van der Waals surface area contributed by atoms with Crippen LogP contribution in [0, 0.1) is 5.92 Å². The van der Waals surface area contributed by atoms with Crippen LogP contribution in [0.4, 0.5) is 0 Å². The highest BCUT2D eigenvalue weighted by atomic mass is 16.5. The Morgan fingerprint density at radius 1 is 1.29 bits per heavy atom. The Bertz CT molecular complexity index is 192. The largest absolute Gasteiger partial charge is 0.390 e. The normalized spacial score (nSPS) is 21.0. The van der Waals surface area contributed by atoms with E-state index >= 15 is 0 Å². The van der Waals surface area contributed by atoms with Gasteiger partial charge in [-0.2, -0.15) is 0 Å². The fourth-order valence-corrected chi connectivity index (χ4v) is 2.23. The van der Waals surface area contributed by atoms with Gasteiger partial charge in [-0.15, -0.1) is 0 Å². The molecule has 1 aliphatic heterocycles. The molecule has 1 saturated heterocycles. The van der Waals surface area contributed by atoms with Crippen LogP contribution in [0.2, 0.25) is 0 Å². The van der Waals surface area contributed by atoms with E-state index in [-0.39, 0.29) is 6.10 Å². The summed E-state index contributed by atoms with van der Waals surface area (Å²) in [6, 6.07) is 0. The van der Waals surface area contributed by atoms with Crippen molar-refractivity contribution in [3.05, 3.63) is 0 Å². The van der Waals surface area contributed by atoms with Gasteiger partial charge in [0, 0.05) is 33.3 Å². The maximum atomic E-state index is 9.90. The number of piperidine rings is 1. The first-order valence-electron chi connectivity index (χ1n) is 6.75. The average molecular weight is 244 g/mol. The lowest BCUT2D eigenvalue weighted by molar-refractivity contribution is 0.0246. The zero-order valence-electron chi connectivity index (χ0n) is 11.5. The fraction of sp³-hybridized carbons (Fsp3) is 1.00. The first-order valence-corrected chi connectivity index (χ1v) is 6.75. The van der Waals surface area contributed by atoms with Crippen LogP contribution in [0.25, 0.3) is 0 Å². The zero-order valence-corrected chi connectivity index (χ0v) is 11.5. The minimum Gasteiger partial charge on any atom is -0.390 e. The van der Waals surface area contributed by atoms with Gasteiger partial charge in [-0.25, -0.2) is 0 Å². The molecule has 1 rings (SSSR count). The molecule has 4 nitrogen and oxygen atoms in total. The molecule has 1 aliphatic rings. The molecule has 0 radical (unpaired) electrons. The monoisotopic (exact) mass is 244 g/mol. The summed E-state index contributed by atoms with van der Waals surface area (Å²) >= 11 is 0. The third-order valence-electron chi connectivity index (χ3n) is 3.27. The summed E-state index contributed by atoms with van der Waals surface area (Å²) in [4.78, 5) is 2.33. The first kappa shape index (κ1) is 14.9. The van der Waals surface area contributed by atoms with E-state index < -0.39 is 0 Å². The third-order valence-corrected chi connectivity index (χ3v) is 3.27. The molecular formula is C13H28N2O2. The average Bonchev–Trinajstić information content (AvgIpc) is 2.29.